The SMILES string of the molecule is Cn1ncnc1SCc1cnc(N)s1. The van der Waals surface area contributed by atoms with Crippen LogP contribution in [0.2, 0.25) is 0 Å². The van der Waals surface area contributed by atoms with Crippen LogP contribution in [0.25, 0.3) is 0 Å². The topological polar surface area (TPSA) is 69.6 Å². The van der Waals surface area contributed by atoms with E-state index in [9.17, 15) is 0 Å². The maximum atomic E-state index is 5.52. The van der Waals surface area contributed by atoms with E-state index in [1.54, 1.807) is 29.0 Å². The second-order valence-corrected chi connectivity index (χ2v) is 4.71. The zero-order valence-electron chi connectivity index (χ0n) is 7.54. The Labute approximate surface area is 89.4 Å². The molecule has 0 unspecified atom stereocenters. The summed E-state index contributed by atoms with van der Waals surface area (Å²) in [4.78, 5) is 9.23. The van der Waals surface area contributed by atoms with E-state index in [0.29, 0.717) is 5.13 Å². The van der Waals surface area contributed by atoms with Crippen molar-refractivity contribution < 1.29 is 0 Å². The Bertz CT molecular complexity index is 421. The minimum Gasteiger partial charge on any atom is -0.375 e. The van der Waals surface area contributed by atoms with Crippen molar-refractivity contribution in [2.75, 3.05) is 5.73 Å². The highest BCUT2D eigenvalue weighted by Gasteiger charge is 2.03. The predicted octanol–water partition coefficient (Wildman–Crippen LogP) is 1.15. The van der Waals surface area contributed by atoms with Crippen molar-refractivity contribution in [1.29, 1.82) is 0 Å². The van der Waals surface area contributed by atoms with Crippen LogP contribution in [0.5, 0.6) is 0 Å². The first-order valence-corrected chi connectivity index (χ1v) is 5.73. The number of thioether (sulfide) groups is 1. The molecule has 0 fully saturated rings. The molecule has 2 N–H and O–H groups in total. The molecule has 7 heteroatoms. The number of thiazole rings is 1. The van der Waals surface area contributed by atoms with Gasteiger partial charge < -0.3 is 5.73 Å². The number of hydrogen-bond acceptors (Lipinski definition) is 6. The summed E-state index contributed by atoms with van der Waals surface area (Å²) in [5, 5.41) is 5.49. The van der Waals surface area contributed by atoms with E-state index in [1.807, 2.05) is 7.05 Å². The fraction of sp³-hybridized carbons (Fsp3) is 0.286. The predicted molar refractivity (Wildman–Crippen MR) is 57.1 cm³/mol. The van der Waals surface area contributed by atoms with Gasteiger partial charge in [0.15, 0.2) is 10.3 Å². The normalized spacial score (nSPS) is 10.6. The Kier molecular flexibility index (Phi) is 2.69. The molecule has 0 saturated carbocycles. The number of rotatable bonds is 3. The number of hydrogen-bond donors (Lipinski definition) is 1. The summed E-state index contributed by atoms with van der Waals surface area (Å²) in [6.07, 6.45) is 3.34. The van der Waals surface area contributed by atoms with Crippen molar-refractivity contribution >= 4 is 28.2 Å². The monoisotopic (exact) mass is 227 g/mol. The molecule has 2 heterocycles. The summed E-state index contributed by atoms with van der Waals surface area (Å²) in [6.45, 7) is 0. The summed E-state index contributed by atoms with van der Waals surface area (Å²) in [7, 11) is 1.87. The molecule has 0 aliphatic heterocycles. The fourth-order valence-corrected chi connectivity index (χ4v) is 2.53. The van der Waals surface area contributed by atoms with E-state index in [1.165, 1.54) is 11.3 Å². The average Bonchev–Trinajstić information content (AvgIpc) is 2.72. The molecule has 0 bridgehead atoms. The molecule has 0 amide bonds. The zero-order chi connectivity index (χ0) is 9.97. The maximum absolute atomic E-state index is 5.52. The number of aryl methyl sites for hydroxylation is 1. The molecule has 0 spiro atoms. The van der Waals surface area contributed by atoms with Crippen molar-refractivity contribution in [3.05, 3.63) is 17.4 Å². The molecule has 0 aliphatic carbocycles. The van der Waals surface area contributed by atoms with Crippen molar-refractivity contribution in [3.8, 4) is 0 Å². The molecule has 74 valence electrons. The second kappa shape index (κ2) is 3.97. The highest BCUT2D eigenvalue weighted by Crippen LogP contribution is 2.24. The molecular weight excluding hydrogens is 218 g/mol. The Morgan fingerprint density at radius 3 is 3.00 bits per heavy atom. The van der Waals surface area contributed by atoms with Gasteiger partial charge in [0.25, 0.3) is 0 Å². The molecular formula is C7H9N5S2. The molecule has 2 rings (SSSR count). The molecule has 5 nitrogen and oxygen atoms in total. The van der Waals surface area contributed by atoms with Crippen LogP contribution in [-0.4, -0.2) is 19.7 Å². The van der Waals surface area contributed by atoms with Crippen molar-refractivity contribution in [2.45, 2.75) is 10.9 Å². The van der Waals surface area contributed by atoms with Gasteiger partial charge in [-0.05, 0) is 0 Å². The van der Waals surface area contributed by atoms with Gasteiger partial charge in [0.05, 0.1) is 0 Å². The summed E-state index contributed by atoms with van der Waals surface area (Å²) < 4.78 is 1.75. The van der Waals surface area contributed by atoms with Crippen LogP contribution in [-0.2, 0) is 12.8 Å². The third kappa shape index (κ3) is 2.05. The first kappa shape index (κ1) is 9.47. The van der Waals surface area contributed by atoms with E-state index < -0.39 is 0 Å². The molecule has 0 aliphatic rings. The van der Waals surface area contributed by atoms with Gasteiger partial charge in [-0.25, -0.2) is 14.6 Å². The molecule has 2 aromatic rings. The van der Waals surface area contributed by atoms with Gasteiger partial charge in [-0.1, -0.05) is 11.8 Å². The van der Waals surface area contributed by atoms with Crippen LogP contribution in [0.3, 0.4) is 0 Å². The van der Waals surface area contributed by atoms with E-state index >= 15 is 0 Å². The quantitative estimate of drug-likeness (QED) is 0.796. The van der Waals surface area contributed by atoms with E-state index in [2.05, 4.69) is 15.1 Å². The Morgan fingerprint density at radius 2 is 2.43 bits per heavy atom. The van der Waals surface area contributed by atoms with Crippen LogP contribution in [0.15, 0.2) is 17.7 Å². The first-order chi connectivity index (χ1) is 6.75. The lowest BCUT2D eigenvalue weighted by molar-refractivity contribution is 0.685. The average molecular weight is 227 g/mol. The highest BCUT2D eigenvalue weighted by molar-refractivity contribution is 7.98. The van der Waals surface area contributed by atoms with Gasteiger partial charge >= 0.3 is 0 Å². The first-order valence-electron chi connectivity index (χ1n) is 3.92. The third-order valence-corrected chi connectivity index (χ3v) is 3.68. The lowest BCUT2D eigenvalue weighted by Crippen LogP contribution is -1.92. The van der Waals surface area contributed by atoms with Crippen LogP contribution < -0.4 is 5.73 Å². The molecule has 0 aromatic carbocycles. The lowest BCUT2D eigenvalue weighted by atomic mass is 10.6. The number of nitrogens with two attached hydrogens (primary N) is 1. The van der Waals surface area contributed by atoms with Gasteiger partial charge in [-0.2, -0.15) is 5.10 Å². The summed E-state index contributed by atoms with van der Waals surface area (Å²) >= 11 is 3.13. The smallest absolute Gasteiger partial charge is 0.186 e. The summed E-state index contributed by atoms with van der Waals surface area (Å²) in [6, 6.07) is 0. The minimum absolute atomic E-state index is 0.610. The molecule has 0 radical (unpaired) electrons. The van der Waals surface area contributed by atoms with Crippen molar-refractivity contribution in [1.82, 2.24) is 19.7 Å². The Balaban J connectivity index is 1.98. The van der Waals surface area contributed by atoms with Crippen LogP contribution >= 0.6 is 23.1 Å². The fourth-order valence-electron chi connectivity index (χ4n) is 0.941. The Morgan fingerprint density at radius 1 is 1.57 bits per heavy atom. The number of anilines is 1. The Hall–Kier alpha value is -1.08. The number of aromatic nitrogens is 4. The van der Waals surface area contributed by atoms with Crippen molar-refractivity contribution in [2.24, 2.45) is 7.05 Å². The summed E-state index contributed by atoms with van der Waals surface area (Å²) in [5.74, 6) is 0.835. The van der Waals surface area contributed by atoms with E-state index in [-0.39, 0.29) is 0 Å². The molecule has 2 aromatic heterocycles. The second-order valence-electron chi connectivity index (χ2n) is 2.62. The van der Waals surface area contributed by atoms with Crippen LogP contribution in [0, 0.1) is 0 Å². The van der Waals surface area contributed by atoms with Crippen molar-refractivity contribution in [3.63, 3.8) is 0 Å². The molecule has 14 heavy (non-hydrogen) atoms. The van der Waals surface area contributed by atoms with Gasteiger partial charge in [0.2, 0.25) is 0 Å². The standard InChI is InChI=1S/C7H9N5S2/c1-12-7(10-4-11-12)13-3-5-2-9-6(8)14-5/h2,4H,3H2,1H3,(H2,8,9). The maximum Gasteiger partial charge on any atom is 0.186 e. The number of nitrogens with zero attached hydrogens (tertiary/aromatic N) is 4. The van der Waals surface area contributed by atoms with Gasteiger partial charge in [-0.3, -0.25) is 0 Å². The van der Waals surface area contributed by atoms with Gasteiger partial charge in [-0.15, -0.1) is 11.3 Å². The lowest BCUT2D eigenvalue weighted by Gasteiger charge is -1.96. The largest absolute Gasteiger partial charge is 0.375 e. The van der Waals surface area contributed by atoms with Crippen LogP contribution in [0.4, 0.5) is 5.13 Å². The van der Waals surface area contributed by atoms with Gasteiger partial charge in [0.1, 0.15) is 6.33 Å². The van der Waals surface area contributed by atoms with E-state index in [4.69, 9.17) is 5.73 Å². The third-order valence-electron chi connectivity index (χ3n) is 1.58. The summed E-state index contributed by atoms with van der Waals surface area (Å²) in [5.41, 5.74) is 5.52. The molecule has 0 saturated heterocycles. The van der Waals surface area contributed by atoms with E-state index in [0.717, 1.165) is 15.8 Å². The number of nitrogen functional groups attached to an aromatic ring is 1. The highest BCUT2D eigenvalue weighted by atomic mass is 32.2. The zero-order valence-corrected chi connectivity index (χ0v) is 9.18. The minimum atomic E-state index is 0.610. The molecule has 0 atom stereocenters. The van der Waals surface area contributed by atoms with Gasteiger partial charge in [0, 0.05) is 23.9 Å². The van der Waals surface area contributed by atoms with Crippen LogP contribution in [0.1, 0.15) is 4.88 Å².